The Morgan fingerprint density at radius 2 is 2.24 bits per heavy atom. The molecule has 0 aliphatic rings. The van der Waals surface area contributed by atoms with Crippen LogP contribution in [-0.2, 0) is 17.8 Å². The second kappa shape index (κ2) is 6.93. The molecule has 0 saturated heterocycles. The minimum atomic E-state index is -0.626. The maximum absolute atomic E-state index is 11.8. The summed E-state index contributed by atoms with van der Waals surface area (Å²) in [5, 5.41) is 11.7. The highest BCUT2D eigenvalue weighted by molar-refractivity contribution is 7.15. The average molecular weight is 309 g/mol. The highest BCUT2D eigenvalue weighted by atomic mass is 32.1. The first-order valence-electron chi connectivity index (χ1n) is 6.50. The number of amides is 1. The highest BCUT2D eigenvalue weighted by Crippen LogP contribution is 2.16. The number of aryl methyl sites for hydroxylation is 1. The molecular formula is C12H15N5O3S. The number of rotatable bonds is 6. The number of aromatic amines is 1. The van der Waals surface area contributed by atoms with Gasteiger partial charge in [-0.3, -0.25) is 24.5 Å². The van der Waals surface area contributed by atoms with Crippen molar-refractivity contribution in [1.29, 1.82) is 0 Å². The normalized spacial score (nSPS) is 10.5. The number of nitrogens with zero attached hydrogens (tertiary/aromatic N) is 3. The van der Waals surface area contributed by atoms with E-state index >= 15 is 0 Å². The van der Waals surface area contributed by atoms with Crippen molar-refractivity contribution in [3.05, 3.63) is 38.1 Å². The zero-order valence-electron chi connectivity index (χ0n) is 11.5. The van der Waals surface area contributed by atoms with Gasteiger partial charge in [-0.2, -0.15) is 0 Å². The third-order valence-corrected chi connectivity index (χ3v) is 3.57. The van der Waals surface area contributed by atoms with Crippen molar-refractivity contribution < 1.29 is 4.79 Å². The topological polar surface area (TPSA) is 110 Å². The zero-order valence-corrected chi connectivity index (χ0v) is 12.3. The fourth-order valence-electron chi connectivity index (χ4n) is 1.62. The van der Waals surface area contributed by atoms with Gasteiger partial charge in [-0.15, -0.1) is 10.2 Å². The molecule has 0 spiro atoms. The Kier molecular flexibility index (Phi) is 4.99. The van der Waals surface area contributed by atoms with E-state index in [1.807, 2.05) is 0 Å². The van der Waals surface area contributed by atoms with E-state index < -0.39 is 17.2 Å². The van der Waals surface area contributed by atoms with Gasteiger partial charge in [0, 0.05) is 18.7 Å². The number of unbranched alkanes of at least 4 members (excludes halogenated alkanes) is 1. The van der Waals surface area contributed by atoms with Crippen molar-refractivity contribution in [2.24, 2.45) is 0 Å². The number of nitrogens with one attached hydrogen (secondary N) is 2. The van der Waals surface area contributed by atoms with Gasteiger partial charge < -0.3 is 0 Å². The molecule has 1 amide bonds. The van der Waals surface area contributed by atoms with Crippen LogP contribution in [0.15, 0.2) is 21.9 Å². The zero-order chi connectivity index (χ0) is 15.2. The number of carbonyl (C=O) groups is 1. The molecule has 21 heavy (non-hydrogen) atoms. The molecule has 0 bridgehead atoms. The Bertz CT molecular complexity index is 733. The van der Waals surface area contributed by atoms with Gasteiger partial charge in [-0.1, -0.05) is 24.7 Å². The summed E-state index contributed by atoms with van der Waals surface area (Å²) in [4.78, 5) is 36.3. The van der Waals surface area contributed by atoms with Crippen LogP contribution in [-0.4, -0.2) is 25.7 Å². The van der Waals surface area contributed by atoms with E-state index in [-0.39, 0.29) is 6.54 Å². The van der Waals surface area contributed by atoms with Gasteiger partial charge in [-0.25, -0.2) is 4.79 Å². The first-order chi connectivity index (χ1) is 10.1. The fraction of sp³-hybridized carbons (Fsp3) is 0.417. The molecule has 0 unspecified atom stereocenters. The maximum Gasteiger partial charge on any atom is 0.328 e. The van der Waals surface area contributed by atoms with Crippen LogP contribution in [0.5, 0.6) is 0 Å². The summed E-state index contributed by atoms with van der Waals surface area (Å²) in [6.45, 7) is 1.89. The molecule has 9 heteroatoms. The summed E-state index contributed by atoms with van der Waals surface area (Å²) in [5.41, 5.74) is -1.13. The molecule has 0 aliphatic carbocycles. The molecule has 2 aromatic rings. The van der Waals surface area contributed by atoms with Gasteiger partial charge in [-0.05, 0) is 6.42 Å². The first kappa shape index (κ1) is 15.1. The maximum atomic E-state index is 11.8. The lowest BCUT2D eigenvalue weighted by Gasteiger charge is -2.03. The van der Waals surface area contributed by atoms with Crippen LogP contribution in [0.2, 0.25) is 0 Å². The minimum Gasteiger partial charge on any atom is -0.299 e. The van der Waals surface area contributed by atoms with Crippen molar-refractivity contribution in [3.8, 4) is 0 Å². The quantitative estimate of drug-likeness (QED) is 0.801. The van der Waals surface area contributed by atoms with E-state index in [1.165, 1.54) is 23.6 Å². The Morgan fingerprint density at radius 1 is 1.43 bits per heavy atom. The van der Waals surface area contributed by atoms with E-state index in [2.05, 4.69) is 27.4 Å². The van der Waals surface area contributed by atoms with Crippen molar-refractivity contribution >= 4 is 22.4 Å². The van der Waals surface area contributed by atoms with E-state index in [9.17, 15) is 14.4 Å². The second-order valence-electron chi connectivity index (χ2n) is 4.39. The van der Waals surface area contributed by atoms with E-state index in [0.717, 1.165) is 28.8 Å². The molecule has 0 radical (unpaired) electrons. The number of hydrogen-bond donors (Lipinski definition) is 2. The predicted octanol–water partition coefficient (Wildman–Crippen LogP) is 0.369. The molecular weight excluding hydrogens is 294 g/mol. The molecule has 0 atom stereocenters. The smallest absolute Gasteiger partial charge is 0.299 e. The van der Waals surface area contributed by atoms with Crippen molar-refractivity contribution in [2.75, 3.05) is 5.32 Å². The van der Waals surface area contributed by atoms with Crippen LogP contribution in [0, 0.1) is 0 Å². The van der Waals surface area contributed by atoms with Crippen molar-refractivity contribution in [1.82, 2.24) is 19.7 Å². The van der Waals surface area contributed by atoms with Crippen LogP contribution in [0.1, 0.15) is 24.8 Å². The standard InChI is InChI=1S/C12H15N5O3S/c1-2-3-4-10-15-16-11(21-10)13-9(19)7-17-6-5-8(18)14-12(17)20/h5-6H,2-4,7H2,1H3,(H,13,16,19)(H,14,18,20). The summed E-state index contributed by atoms with van der Waals surface area (Å²) in [7, 11) is 0. The second-order valence-corrected chi connectivity index (χ2v) is 5.45. The van der Waals surface area contributed by atoms with Gasteiger partial charge in [0.2, 0.25) is 11.0 Å². The van der Waals surface area contributed by atoms with Crippen molar-refractivity contribution in [2.45, 2.75) is 32.7 Å². The summed E-state index contributed by atoms with van der Waals surface area (Å²) in [6.07, 6.45) is 4.20. The SMILES string of the molecule is CCCCc1nnc(NC(=O)Cn2ccc(=O)[nH]c2=O)s1. The molecule has 0 aliphatic heterocycles. The van der Waals surface area contributed by atoms with E-state index in [0.29, 0.717) is 5.13 Å². The number of H-pyrrole nitrogens is 1. The van der Waals surface area contributed by atoms with Gasteiger partial charge >= 0.3 is 5.69 Å². The first-order valence-corrected chi connectivity index (χ1v) is 7.32. The average Bonchev–Trinajstić information content (AvgIpc) is 2.87. The lowest BCUT2D eigenvalue weighted by atomic mass is 10.3. The van der Waals surface area contributed by atoms with Crippen LogP contribution < -0.4 is 16.6 Å². The summed E-state index contributed by atoms with van der Waals surface area (Å²) < 4.78 is 1.11. The molecule has 0 aromatic carbocycles. The Morgan fingerprint density at radius 3 is 2.95 bits per heavy atom. The van der Waals surface area contributed by atoms with Gasteiger partial charge in [0.05, 0.1) is 0 Å². The van der Waals surface area contributed by atoms with Crippen LogP contribution >= 0.6 is 11.3 Å². The summed E-state index contributed by atoms with van der Waals surface area (Å²) >= 11 is 1.32. The van der Waals surface area contributed by atoms with E-state index in [4.69, 9.17) is 0 Å². The number of anilines is 1. The van der Waals surface area contributed by atoms with Gasteiger partial charge in [0.25, 0.3) is 5.56 Å². The molecule has 0 saturated carbocycles. The molecule has 8 nitrogen and oxygen atoms in total. The number of carbonyl (C=O) groups excluding carboxylic acids is 1. The Labute approximate surface area is 123 Å². The fourth-order valence-corrected chi connectivity index (χ4v) is 2.41. The Balaban J connectivity index is 1.96. The third-order valence-electron chi connectivity index (χ3n) is 2.67. The molecule has 2 N–H and O–H groups in total. The van der Waals surface area contributed by atoms with E-state index in [1.54, 1.807) is 0 Å². The lowest BCUT2D eigenvalue weighted by molar-refractivity contribution is -0.116. The molecule has 2 rings (SSSR count). The minimum absolute atomic E-state index is 0.195. The summed E-state index contributed by atoms with van der Waals surface area (Å²) in [6, 6.07) is 1.18. The number of aromatic nitrogens is 4. The number of hydrogen-bond acceptors (Lipinski definition) is 6. The predicted molar refractivity (Wildman–Crippen MR) is 78.5 cm³/mol. The third kappa shape index (κ3) is 4.35. The van der Waals surface area contributed by atoms with Crippen molar-refractivity contribution in [3.63, 3.8) is 0 Å². The summed E-state index contributed by atoms with van der Waals surface area (Å²) in [5.74, 6) is -0.401. The van der Waals surface area contributed by atoms with Crippen LogP contribution in [0.25, 0.3) is 0 Å². The van der Waals surface area contributed by atoms with Gasteiger partial charge in [0.1, 0.15) is 11.6 Å². The lowest BCUT2D eigenvalue weighted by Crippen LogP contribution is -2.32. The largest absolute Gasteiger partial charge is 0.328 e. The molecule has 112 valence electrons. The molecule has 2 aromatic heterocycles. The Hall–Kier alpha value is -2.29. The van der Waals surface area contributed by atoms with Crippen LogP contribution in [0.4, 0.5) is 5.13 Å². The molecule has 0 fully saturated rings. The highest BCUT2D eigenvalue weighted by Gasteiger charge is 2.09. The monoisotopic (exact) mass is 309 g/mol. The van der Waals surface area contributed by atoms with Crippen LogP contribution in [0.3, 0.4) is 0 Å². The molecule has 2 heterocycles. The van der Waals surface area contributed by atoms with Gasteiger partial charge in [0.15, 0.2) is 0 Å².